The summed E-state index contributed by atoms with van der Waals surface area (Å²) in [6.07, 6.45) is 2.94. The second-order valence-electron chi connectivity index (χ2n) is 4.82. The lowest BCUT2D eigenvalue weighted by Gasteiger charge is -2.14. The maximum absolute atomic E-state index is 12.3. The highest BCUT2D eigenvalue weighted by Gasteiger charge is 2.18. The van der Waals surface area contributed by atoms with Gasteiger partial charge in [-0.05, 0) is 59.6 Å². The van der Waals surface area contributed by atoms with Gasteiger partial charge >= 0.3 is 0 Å². The van der Waals surface area contributed by atoms with E-state index >= 15 is 0 Å². The van der Waals surface area contributed by atoms with Crippen LogP contribution in [0.2, 0.25) is 0 Å². The van der Waals surface area contributed by atoms with Crippen molar-refractivity contribution in [1.29, 1.82) is 0 Å². The zero-order chi connectivity index (χ0) is 15.5. The molecule has 0 saturated heterocycles. The van der Waals surface area contributed by atoms with Crippen molar-refractivity contribution < 1.29 is 12.8 Å². The number of furan rings is 1. The average Bonchev–Trinajstić information content (AvgIpc) is 2.92. The Kier molecular flexibility index (Phi) is 5.08. The Bertz CT molecular complexity index is 699. The monoisotopic (exact) mass is 372 g/mol. The minimum atomic E-state index is -3.57. The minimum absolute atomic E-state index is 0.160. The molecule has 1 aromatic carbocycles. The van der Waals surface area contributed by atoms with Gasteiger partial charge in [-0.3, -0.25) is 0 Å². The Hall–Kier alpha value is -1.31. The standard InChI is InChI=1S/C14H17BrN2O3S/c1-10(4-5-11-3-2-8-20-11)17-21(18,19)12-6-7-13(15)14(16)9-12/h2-3,6-10,17H,4-5,16H2,1H3. The molecule has 1 aromatic heterocycles. The number of hydrogen-bond donors (Lipinski definition) is 2. The third kappa shape index (κ3) is 4.33. The highest BCUT2D eigenvalue weighted by Crippen LogP contribution is 2.23. The van der Waals surface area contributed by atoms with Gasteiger partial charge in [0.1, 0.15) is 5.76 Å². The summed E-state index contributed by atoms with van der Waals surface area (Å²) in [5, 5.41) is 0. The summed E-state index contributed by atoms with van der Waals surface area (Å²) in [7, 11) is -3.57. The van der Waals surface area contributed by atoms with Gasteiger partial charge in [0, 0.05) is 22.6 Å². The van der Waals surface area contributed by atoms with E-state index in [4.69, 9.17) is 10.2 Å². The molecule has 2 aromatic rings. The van der Waals surface area contributed by atoms with Crippen LogP contribution in [0, 0.1) is 0 Å². The van der Waals surface area contributed by atoms with E-state index < -0.39 is 10.0 Å². The van der Waals surface area contributed by atoms with Crippen molar-refractivity contribution in [1.82, 2.24) is 4.72 Å². The molecule has 2 rings (SSSR count). The molecule has 0 fully saturated rings. The van der Waals surface area contributed by atoms with Gasteiger partial charge in [-0.2, -0.15) is 0 Å². The van der Waals surface area contributed by atoms with Crippen molar-refractivity contribution >= 4 is 31.6 Å². The topological polar surface area (TPSA) is 85.3 Å². The van der Waals surface area contributed by atoms with Gasteiger partial charge in [-0.15, -0.1) is 0 Å². The average molecular weight is 373 g/mol. The number of aryl methyl sites for hydroxylation is 1. The van der Waals surface area contributed by atoms with Crippen LogP contribution in [0.25, 0.3) is 0 Å². The molecular weight excluding hydrogens is 356 g/mol. The van der Waals surface area contributed by atoms with Crippen molar-refractivity contribution in [2.45, 2.75) is 30.7 Å². The van der Waals surface area contributed by atoms with E-state index in [1.807, 2.05) is 19.1 Å². The van der Waals surface area contributed by atoms with Gasteiger partial charge in [-0.25, -0.2) is 13.1 Å². The lowest BCUT2D eigenvalue weighted by Crippen LogP contribution is -2.33. The van der Waals surface area contributed by atoms with Crippen LogP contribution < -0.4 is 10.5 Å². The van der Waals surface area contributed by atoms with Crippen molar-refractivity contribution in [3.63, 3.8) is 0 Å². The van der Waals surface area contributed by atoms with Gasteiger partial charge < -0.3 is 10.2 Å². The molecule has 21 heavy (non-hydrogen) atoms. The van der Waals surface area contributed by atoms with Crippen molar-refractivity contribution in [2.75, 3.05) is 5.73 Å². The Morgan fingerprint density at radius 1 is 1.38 bits per heavy atom. The van der Waals surface area contributed by atoms with Gasteiger partial charge in [-0.1, -0.05) is 0 Å². The van der Waals surface area contributed by atoms with Crippen LogP contribution in [0.1, 0.15) is 19.1 Å². The summed E-state index contributed by atoms with van der Waals surface area (Å²) in [5.74, 6) is 0.842. The number of benzene rings is 1. The normalized spacial score (nSPS) is 13.2. The number of nitrogen functional groups attached to an aromatic ring is 1. The summed E-state index contributed by atoms with van der Waals surface area (Å²) in [6.45, 7) is 1.82. The summed E-state index contributed by atoms with van der Waals surface area (Å²) in [4.78, 5) is 0.160. The number of nitrogens with two attached hydrogens (primary N) is 1. The molecule has 0 aliphatic heterocycles. The van der Waals surface area contributed by atoms with Crippen LogP contribution >= 0.6 is 15.9 Å². The molecule has 0 aliphatic rings. The number of anilines is 1. The van der Waals surface area contributed by atoms with E-state index in [1.165, 1.54) is 12.1 Å². The summed E-state index contributed by atoms with van der Waals surface area (Å²) in [5.41, 5.74) is 6.11. The summed E-state index contributed by atoms with van der Waals surface area (Å²) >= 11 is 3.24. The first kappa shape index (κ1) is 16.1. The largest absolute Gasteiger partial charge is 0.469 e. The first-order chi connectivity index (χ1) is 9.88. The van der Waals surface area contributed by atoms with E-state index in [9.17, 15) is 8.42 Å². The second kappa shape index (κ2) is 6.64. The van der Waals surface area contributed by atoms with E-state index in [1.54, 1.807) is 12.3 Å². The Morgan fingerprint density at radius 3 is 2.76 bits per heavy atom. The minimum Gasteiger partial charge on any atom is -0.469 e. The predicted molar refractivity (Wildman–Crippen MR) is 85.4 cm³/mol. The maximum atomic E-state index is 12.3. The van der Waals surface area contributed by atoms with Gasteiger partial charge in [0.05, 0.1) is 11.2 Å². The van der Waals surface area contributed by atoms with Crippen LogP contribution in [0.5, 0.6) is 0 Å². The Balaban J connectivity index is 2.01. The van der Waals surface area contributed by atoms with E-state index in [0.717, 1.165) is 5.76 Å². The van der Waals surface area contributed by atoms with E-state index in [0.29, 0.717) is 23.0 Å². The first-order valence-electron chi connectivity index (χ1n) is 6.48. The summed E-state index contributed by atoms with van der Waals surface area (Å²) in [6, 6.07) is 8.06. The second-order valence-corrected chi connectivity index (χ2v) is 7.39. The van der Waals surface area contributed by atoms with E-state index in [-0.39, 0.29) is 10.9 Å². The lowest BCUT2D eigenvalue weighted by molar-refractivity contribution is 0.480. The van der Waals surface area contributed by atoms with Crippen molar-refractivity contribution in [2.24, 2.45) is 0 Å². The fraction of sp³-hybridized carbons (Fsp3) is 0.286. The van der Waals surface area contributed by atoms with E-state index in [2.05, 4.69) is 20.7 Å². The number of rotatable bonds is 6. The van der Waals surface area contributed by atoms with Crippen molar-refractivity contribution in [3.05, 3.63) is 46.8 Å². The molecule has 0 spiro atoms. The fourth-order valence-corrected chi connectivity index (χ4v) is 3.45. The number of halogens is 1. The smallest absolute Gasteiger partial charge is 0.240 e. The first-order valence-corrected chi connectivity index (χ1v) is 8.76. The highest BCUT2D eigenvalue weighted by atomic mass is 79.9. The van der Waals surface area contributed by atoms with Crippen LogP contribution in [0.4, 0.5) is 5.69 Å². The molecule has 1 atom stereocenters. The molecule has 0 aliphatic carbocycles. The predicted octanol–water partition coefficient (Wildman–Crippen LogP) is 2.92. The zero-order valence-electron chi connectivity index (χ0n) is 11.5. The molecule has 0 amide bonds. The molecule has 1 unspecified atom stereocenters. The third-order valence-electron chi connectivity index (χ3n) is 3.04. The highest BCUT2D eigenvalue weighted by molar-refractivity contribution is 9.10. The van der Waals surface area contributed by atoms with Gasteiger partial charge in [0.25, 0.3) is 0 Å². The Labute approximate surface area is 132 Å². The maximum Gasteiger partial charge on any atom is 0.240 e. The molecule has 7 heteroatoms. The molecule has 3 N–H and O–H groups in total. The van der Waals surface area contributed by atoms with Crippen LogP contribution in [0.15, 0.2) is 50.4 Å². The number of sulfonamides is 1. The zero-order valence-corrected chi connectivity index (χ0v) is 13.9. The quantitative estimate of drug-likeness (QED) is 0.763. The molecule has 0 bridgehead atoms. The fourth-order valence-electron chi connectivity index (χ4n) is 1.89. The third-order valence-corrected chi connectivity index (χ3v) is 5.35. The lowest BCUT2D eigenvalue weighted by atomic mass is 10.2. The molecule has 114 valence electrons. The molecule has 0 radical (unpaired) electrons. The van der Waals surface area contributed by atoms with Crippen molar-refractivity contribution in [3.8, 4) is 0 Å². The van der Waals surface area contributed by atoms with Crippen LogP contribution in [0.3, 0.4) is 0 Å². The molecule has 5 nitrogen and oxygen atoms in total. The molecular formula is C14H17BrN2O3S. The summed E-state index contributed by atoms with van der Waals surface area (Å²) < 4.78 is 33.1. The number of nitrogens with one attached hydrogen (secondary N) is 1. The SMILES string of the molecule is CC(CCc1ccco1)NS(=O)(=O)c1ccc(Br)c(N)c1. The Morgan fingerprint density at radius 2 is 2.14 bits per heavy atom. The molecule has 0 saturated carbocycles. The van der Waals surface area contributed by atoms with Crippen LogP contribution in [-0.2, 0) is 16.4 Å². The van der Waals surface area contributed by atoms with Gasteiger partial charge in [0.2, 0.25) is 10.0 Å². The van der Waals surface area contributed by atoms with Crippen LogP contribution in [-0.4, -0.2) is 14.5 Å². The number of hydrogen-bond acceptors (Lipinski definition) is 4. The van der Waals surface area contributed by atoms with Gasteiger partial charge in [0.15, 0.2) is 0 Å². The molecule has 1 heterocycles.